The normalized spacial score (nSPS) is 14.5. The molecule has 0 atom stereocenters. The lowest BCUT2D eigenvalue weighted by atomic mass is 10.2. The van der Waals surface area contributed by atoms with Gasteiger partial charge in [0, 0.05) is 51.7 Å². The van der Waals surface area contributed by atoms with Crippen LogP contribution in [0.5, 0.6) is 0 Å². The number of hydrogen-bond acceptors (Lipinski definition) is 8. The SMILES string of the molecule is CCN(CC)S(=O)(=O)c1cccc(C(=O)OCC(=O)N2CCN(c3ncccn3)CC2)c1. The molecule has 10 nitrogen and oxygen atoms in total. The smallest absolute Gasteiger partial charge is 0.338 e. The minimum atomic E-state index is -3.70. The molecule has 32 heavy (non-hydrogen) atoms. The quantitative estimate of drug-likeness (QED) is 0.536. The summed E-state index contributed by atoms with van der Waals surface area (Å²) in [6.45, 7) is 5.82. The van der Waals surface area contributed by atoms with Gasteiger partial charge in [0.25, 0.3) is 5.91 Å². The number of esters is 1. The van der Waals surface area contributed by atoms with Gasteiger partial charge in [-0.3, -0.25) is 4.79 Å². The highest BCUT2D eigenvalue weighted by atomic mass is 32.2. The highest BCUT2D eigenvalue weighted by molar-refractivity contribution is 7.89. The van der Waals surface area contributed by atoms with E-state index in [0.29, 0.717) is 45.2 Å². The van der Waals surface area contributed by atoms with Crippen molar-refractivity contribution in [1.29, 1.82) is 0 Å². The van der Waals surface area contributed by atoms with Gasteiger partial charge in [0.05, 0.1) is 10.5 Å². The van der Waals surface area contributed by atoms with E-state index < -0.39 is 22.6 Å². The topological polar surface area (TPSA) is 113 Å². The van der Waals surface area contributed by atoms with Crippen LogP contribution in [0.2, 0.25) is 0 Å². The third-order valence-corrected chi connectivity index (χ3v) is 7.25. The van der Waals surface area contributed by atoms with Crippen molar-refractivity contribution in [3.8, 4) is 0 Å². The molecule has 1 aromatic heterocycles. The maximum Gasteiger partial charge on any atom is 0.338 e. The summed E-state index contributed by atoms with van der Waals surface area (Å²) in [6, 6.07) is 7.41. The van der Waals surface area contributed by atoms with Crippen LogP contribution in [0.25, 0.3) is 0 Å². The average Bonchev–Trinajstić information content (AvgIpc) is 2.83. The maximum absolute atomic E-state index is 12.7. The number of rotatable bonds is 8. The number of carbonyl (C=O) groups excluding carboxylic acids is 2. The molecule has 1 aliphatic heterocycles. The number of hydrogen-bond donors (Lipinski definition) is 0. The van der Waals surface area contributed by atoms with Gasteiger partial charge in [-0.05, 0) is 24.3 Å². The van der Waals surface area contributed by atoms with Gasteiger partial charge >= 0.3 is 5.97 Å². The maximum atomic E-state index is 12.7. The zero-order valence-corrected chi connectivity index (χ0v) is 19.0. The molecule has 0 radical (unpaired) electrons. The van der Waals surface area contributed by atoms with Gasteiger partial charge in [-0.25, -0.2) is 23.2 Å². The van der Waals surface area contributed by atoms with Crippen molar-refractivity contribution in [2.75, 3.05) is 50.8 Å². The molecule has 0 N–H and O–H groups in total. The summed E-state index contributed by atoms with van der Waals surface area (Å²) < 4.78 is 31.8. The van der Waals surface area contributed by atoms with Crippen molar-refractivity contribution in [3.63, 3.8) is 0 Å². The third-order valence-electron chi connectivity index (χ3n) is 5.21. The van der Waals surface area contributed by atoms with Gasteiger partial charge in [0.2, 0.25) is 16.0 Å². The van der Waals surface area contributed by atoms with Crippen LogP contribution >= 0.6 is 0 Å². The van der Waals surface area contributed by atoms with Crippen LogP contribution in [0.1, 0.15) is 24.2 Å². The summed E-state index contributed by atoms with van der Waals surface area (Å²) in [6.07, 6.45) is 3.34. The van der Waals surface area contributed by atoms with E-state index in [0.717, 1.165) is 0 Å². The van der Waals surface area contributed by atoms with Crippen molar-refractivity contribution in [2.45, 2.75) is 18.7 Å². The molecular formula is C21H27N5O5S. The van der Waals surface area contributed by atoms with Gasteiger partial charge in [-0.2, -0.15) is 4.31 Å². The van der Waals surface area contributed by atoms with Crippen LogP contribution in [-0.4, -0.2) is 85.3 Å². The molecule has 0 aliphatic carbocycles. The number of benzene rings is 1. The fraction of sp³-hybridized carbons (Fsp3) is 0.429. The lowest BCUT2D eigenvalue weighted by Gasteiger charge is -2.34. The zero-order valence-electron chi connectivity index (χ0n) is 18.2. The van der Waals surface area contributed by atoms with Crippen molar-refractivity contribution in [2.24, 2.45) is 0 Å². The Hall–Kier alpha value is -3.05. The Bertz CT molecular complexity index is 1040. The zero-order chi connectivity index (χ0) is 23.1. The van der Waals surface area contributed by atoms with Gasteiger partial charge in [0.15, 0.2) is 6.61 Å². The number of piperazine rings is 1. The number of ether oxygens (including phenoxy) is 1. The van der Waals surface area contributed by atoms with E-state index in [4.69, 9.17) is 4.74 Å². The van der Waals surface area contributed by atoms with Crippen molar-refractivity contribution in [1.82, 2.24) is 19.2 Å². The van der Waals surface area contributed by atoms with E-state index in [-0.39, 0.29) is 16.4 Å². The van der Waals surface area contributed by atoms with E-state index in [1.54, 1.807) is 37.2 Å². The van der Waals surface area contributed by atoms with E-state index in [2.05, 4.69) is 9.97 Å². The summed E-state index contributed by atoms with van der Waals surface area (Å²) in [4.78, 5) is 36.9. The summed E-state index contributed by atoms with van der Waals surface area (Å²) in [5, 5.41) is 0. The molecule has 2 heterocycles. The molecule has 0 bridgehead atoms. The predicted octanol–water partition coefficient (Wildman–Crippen LogP) is 1.01. The Labute approximate surface area is 187 Å². The van der Waals surface area contributed by atoms with Crippen LogP contribution in [0, 0.1) is 0 Å². The molecule has 11 heteroatoms. The number of aromatic nitrogens is 2. The molecule has 0 spiro atoms. The van der Waals surface area contributed by atoms with Gasteiger partial charge in [-0.1, -0.05) is 19.9 Å². The summed E-state index contributed by atoms with van der Waals surface area (Å²) >= 11 is 0. The van der Waals surface area contributed by atoms with Crippen LogP contribution < -0.4 is 4.90 Å². The summed E-state index contributed by atoms with van der Waals surface area (Å²) in [7, 11) is -3.70. The Kier molecular flexibility index (Phi) is 7.75. The first-order chi connectivity index (χ1) is 15.4. The molecular weight excluding hydrogens is 434 g/mol. The van der Waals surface area contributed by atoms with E-state index in [1.807, 2.05) is 4.90 Å². The highest BCUT2D eigenvalue weighted by Gasteiger charge is 2.25. The minimum absolute atomic E-state index is 0.0150. The number of sulfonamides is 1. The second kappa shape index (κ2) is 10.5. The first-order valence-corrected chi connectivity index (χ1v) is 11.9. The molecule has 1 fully saturated rings. The summed E-state index contributed by atoms with van der Waals surface area (Å²) in [5.41, 5.74) is 0.0806. The largest absolute Gasteiger partial charge is 0.452 e. The first-order valence-electron chi connectivity index (χ1n) is 10.4. The number of anilines is 1. The summed E-state index contributed by atoms with van der Waals surface area (Å²) in [5.74, 6) is -0.435. The van der Waals surface area contributed by atoms with Crippen LogP contribution in [0.3, 0.4) is 0 Å². The molecule has 3 rings (SSSR count). The van der Waals surface area contributed by atoms with Crippen LogP contribution in [-0.2, 0) is 19.6 Å². The number of nitrogens with zero attached hydrogens (tertiary/aromatic N) is 5. The molecule has 0 unspecified atom stereocenters. The second-order valence-electron chi connectivity index (χ2n) is 7.11. The monoisotopic (exact) mass is 461 g/mol. The molecule has 0 saturated carbocycles. The lowest BCUT2D eigenvalue weighted by molar-refractivity contribution is -0.134. The van der Waals surface area contributed by atoms with Crippen molar-refractivity contribution in [3.05, 3.63) is 48.3 Å². The van der Waals surface area contributed by atoms with E-state index >= 15 is 0 Å². The van der Waals surface area contributed by atoms with Gasteiger partial charge in [-0.15, -0.1) is 0 Å². The molecule has 1 aromatic carbocycles. The van der Waals surface area contributed by atoms with Crippen LogP contribution in [0.4, 0.5) is 5.95 Å². The molecule has 2 aromatic rings. The van der Waals surface area contributed by atoms with Crippen molar-refractivity contribution < 1.29 is 22.7 Å². The standard InChI is InChI=1S/C21H27N5O5S/c1-3-26(4-2)32(29,30)18-8-5-7-17(15-18)20(28)31-16-19(27)24-11-13-25(14-12-24)21-22-9-6-10-23-21/h5-10,15H,3-4,11-14,16H2,1-2H3. The Morgan fingerprint density at radius 1 is 1.03 bits per heavy atom. The number of carbonyl (C=O) groups is 2. The van der Waals surface area contributed by atoms with E-state index in [9.17, 15) is 18.0 Å². The fourth-order valence-electron chi connectivity index (χ4n) is 3.41. The first kappa shape index (κ1) is 23.6. The van der Waals surface area contributed by atoms with E-state index in [1.165, 1.54) is 28.6 Å². The molecule has 1 amide bonds. The Morgan fingerprint density at radius 2 is 1.69 bits per heavy atom. The predicted molar refractivity (Wildman–Crippen MR) is 118 cm³/mol. The second-order valence-corrected chi connectivity index (χ2v) is 9.05. The molecule has 172 valence electrons. The number of amides is 1. The fourth-order valence-corrected chi connectivity index (χ4v) is 4.91. The van der Waals surface area contributed by atoms with Crippen molar-refractivity contribution >= 4 is 27.8 Å². The Morgan fingerprint density at radius 3 is 2.31 bits per heavy atom. The highest BCUT2D eigenvalue weighted by Crippen LogP contribution is 2.17. The molecule has 1 saturated heterocycles. The third kappa shape index (κ3) is 5.40. The van der Waals surface area contributed by atoms with Gasteiger partial charge in [0.1, 0.15) is 0 Å². The Balaban J connectivity index is 1.55. The average molecular weight is 462 g/mol. The van der Waals surface area contributed by atoms with Gasteiger partial charge < -0.3 is 14.5 Å². The van der Waals surface area contributed by atoms with Crippen LogP contribution in [0.15, 0.2) is 47.6 Å². The molecule has 1 aliphatic rings. The lowest BCUT2D eigenvalue weighted by Crippen LogP contribution is -2.50. The minimum Gasteiger partial charge on any atom is -0.452 e.